The van der Waals surface area contributed by atoms with Crippen LogP contribution in [-0.2, 0) is 4.74 Å². The number of ether oxygens (including phenoxy) is 1. The summed E-state index contributed by atoms with van der Waals surface area (Å²) in [6.07, 6.45) is 3.82. The molecule has 3 heteroatoms. The molecule has 1 fully saturated rings. The van der Waals surface area contributed by atoms with Crippen LogP contribution in [0, 0.1) is 5.92 Å². The molecule has 2 unspecified atom stereocenters. The van der Waals surface area contributed by atoms with E-state index < -0.39 is 0 Å². The fraction of sp³-hybridized carbons (Fsp3) is 1.00. The summed E-state index contributed by atoms with van der Waals surface area (Å²) < 4.78 is 5.51. The molecule has 1 heterocycles. The molecule has 3 nitrogen and oxygen atoms in total. The minimum atomic E-state index is 0.634. The maximum Gasteiger partial charge on any atom is 0.0506 e. The van der Waals surface area contributed by atoms with Crippen LogP contribution in [0.3, 0.4) is 0 Å². The normalized spacial score (nSPS) is 23.6. The highest BCUT2D eigenvalue weighted by molar-refractivity contribution is 4.68. The Morgan fingerprint density at radius 2 is 2.31 bits per heavy atom. The molecule has 0 saturated carbocycles. The van der Waals surface area contributed by atoms with Gasteiger partial charge in [0.15, 0.2) is 0 Å². The topological polar surface area (TPSA) is 24.5 Å². The van der Waals surface area contributed by atoms with Crippen LogP contribution in [0.15, 0.2) is 0 Å². The first-order chi connectivity index (χ1) is 7.72. The second kappa shape index (κ2) is 8.04. The van der Waals surface area contributed by atoms with E-state index in [0.717, 1.165) is 25.7 Å². The van der Waals surface area contributed by atoms with E-state index >= 15 is 0 Å². The van der Waals surface area contributed by atoms with Crippen molar-refractivity contribution in [1.82, 2.24) is 10.2 Å². The zero-order valence-corrected chi connectivity index (χ0v) is 11.2. The standard InChI is InChI=1S/C13H28N2O/c1-4-14-12(2)7-8-15(3)10-13-6-5-9-16-11-13/h12-14H,4-11H2,1-3H3. The van der Waals surface area contributed by atoms with Gasteiger partial charge in [0.1, 0.15) is 0 Å². The van der Waals surface area contributed by atoms with Gasteiger partial charge < -0.3 is 15.0 Å². The number of hydrogen-bond donors (Lipinski definition) is 1. The van der Waals surface area contributed by atoms with Crippen LogP contribution in [0.25, 0.3) is 0 Å². The van der Waals surface area contributed by atoms with E-state index in [0.29, 0.717) is 6.04 Å². The minimum absolute atomic E-state index is 0.634. The molecule has 1 aliphatic heterocycles. The van der Waals surface area contributed by atoms with E-state index in [4.69, 9.17) is 4.74 Å². The van der Waals surface area contributed by atoms with Gasteiger partial charge in [-0.2, -0.15) is 0 Å². The molecule has 16 heavy (non-hydrogen) atoms. The molecule has 96 valence electrons. The van der Waals surface area contributed by atoms with Crippen molar-refractivity contribution >= 4 is 0 Å². The highest BCUT2D eigenvalue weighted by Crippen LogP contribution is 2.14. The fourth-order valence-electron chi connectivity index (χ4n) is 2.35. The molecule has 0 radical (unpaired) electrons. The van der Waals surface area contributed by atoms with Crippen molar-refractivity contribution in [1.29, 1.82) is 0 Å². The summed E-state index contributed by atoms with van der Waals surface area (Å²) in [4.78, 5) is 2.45. The molecule has 0 amide bonds. The average Bonchev–Trinajstić information content (AvgIpc) is 2.28. The predicted molar refractivity (Wildman–Crippen MR) is 68.8 cm³/mol. The highest BCUT2D eigenvalue weighted by Gasteiger charge is 2.15. The Morgan fingerprint density at radius 1 is 1.50 bits per heavy atom. The van der Waals surface area contributed by atoms with Crippen LogP contribution < -0.4 is 5.32 Å². The number of hydrogen-bond acceptors (Lipinski definition) is 3. The minimum Gasteiger partial charge on any atom is -0.381 e. The SMILES string of the molecule is CCNC(C)CCN(C)CC1CCCOC1. The van der Waals surface area contributed by atoms with Gasteiger partial charge in [0.2, 0.25) is 0 Å². The maximum atomic E-state index is 5.51. The van der Waals surface area contributed by atoms with Crippen molar-refractivity contribution in [3.8, 4) is 0 Å². The lowest BCUT2D eigenvalue weighted by Crippen LogP contribution is -2.35. The van der Waals surface area contributed by atoms with Gasteiger partial charge in [-0.1, -0.05) is 6.92 Å². The molecule has 1 saturated heterocycles. The van der Waals surface area contributed by atoms with Gasteiger partial charge in [-0.15, -0.1) is 0 Å². The van der Waals surface area contributed by atoms with Crippen molar-refractivity contribution in [2.45, 2.75) is 39.2 Å². The van der Waals surface area contributed by atoms with Crippen LogP contribution in [0.1, 0.15) is 33.1 Å². The second-order valence-electron chi connectivity index (χ2n) is 5.09. The highest BCUT2D eigenvalue weighted by atomic mass is 16.5. The van der Waals surface area contributed by atoms with Crippen molar-refractivity contribution < 1.29 is 4.74 Å². The second-order valence-corrected chi connectivity index (χ2v) is 5.09. The lowest BCUT2D eigenvalue weighted by atomic mass is 10.0. The molecule has 0 aliphatic carbocycles. The maximum absolute atomic E-state index is 5.51. The van der Waals surface area contributed by atoms with Crippen LogP contribution in [0.5, 0.6) is 0 Å². The Balaban J connectivity index is 2.07. The summed E-state index contributed by atoms with van der Waals surface area (Å²) in [5.41, 5.74) is 0. The fourth-order valence-corrected chi connectivity index (χ4v) is 2.35. The first kappa shape index (κ1) is 13.9. The predicted octanol–water partition coefficient (Wildman–Crippen LogP) is 1.73. The lowest BCUT2D eigenvalue weighted by Gasteiger charge is -2.27. The Morgan fingerprint density at radius 3 is 2.94 bits per heavy atom. The van der Waals surface area contributed by atoms with E-state index in [1.807, 2.05) is 0 Å². The van der Waals surface area contributed by atoms with Crippen molar-refractivity contribution in [2.24, 2.45) is 5.92 Å². The Labute approximate surface area is 101 Å². The van der Waals surface area contributed by atoms with E-state index in [1.54, 1.807) is 0 Å². The molecule has 1 aliphatic rings. The van der Waals surface area contributed by atoms with Crippen molar-refractivity contribution in [2.75, 3.05) is 39.9 Å². The first-order valence-electron chi connectivity index (χ1n) is 6.72. The van der Waals surface area contributed by atoms with Crippen LogP contribution in [-0.4, -0.2) is 50.8 Å². The summed E-state index contributed by atoms with van der Waals surface area (Å²) in [7, 11) is 2.23. The quantitative estimate of drug-likeness (QED) is 0.718. The third-order valence-electron chi connectivity index (χ3n) is 3.32. The number of rotatable bonds is 7. The van der Waals surface area contributed by atoms with Gasteiger partial charge >= 0.3 is 0 Å². The summed E-state index contributed by atoms with van der Waals surface area (Å²) in [6.45, 7) is 9.82. The molecule has 1 N–H and O–H groups in total. The third-order valence-corrected chi connectivity index (χ3v) is 3.32. The monoisotopic (exact) mass is 228 g/mol. The average molecular weight is 228 g/mol. The van der Waals surface area contributed by atoms with Gasteiger partial charge in [-0.25, -0.2) is 0 Å². The van der Waals surface area contributed by atoms with Crippen LogP contribution in [0.2, 0.25) is 0 Å². The van der Waals surface area contributed by atoms with Crippen molar-refractivity contribution in [3.05, 3.63) is 0 Å². The van der Waals surface area contributed by atoms with E-state index in [1.165, 1.54) is 32.4 Å². The Kier molecular flexibility index (Phi) is 7.01. The summed E-state index contributed by atoms with van der Waals surface area (Å²) in [5, 5.41) is 3.45. The summed E-state index contributed by atoms with van der Waals surface area (Å²) in [6, 6.07) is 0.634. The number of nitrogens with one attached hydrogen (secondary N) is 1. The zero-order chi connectivity index (χ0) is 11.8. The van der Waals surface area contributed by atoms with E-state index in [9.17, 15) is 0 Å². The molecular formula is C13H28N2O. The van der Waals surface area contributed by atoms with Gasteiger partial charge in [0.25, 0.3) is 0 Å². The van der Waals surface area contributed by atoms with Gasteiger partial charge in [-0.05, 0) is 52.2 Å². The number of nitrogens with zero attached hydrogens (tertiary/aromatic N) is 1. The summed E-state index contributed by atoms with van der Waals surface area (Å²) >= 11 is 0. The molecule has 1 rings (SSSR count). The molecule has 0 bridgehead atoms. The van der Waals surface area contributed by atoms with Crippen molar-refractivity contribution in [3.63, 3.8) is 0 Å². The molecule has 0 aromatic heterocycles. The summed E-state index contributed by atoms with van der Waals surface area (Å²) in [5.74, 6) is 0.758. The largest absolute Gasteiger partial charge is 0.381 e. The van der Waals surface area contributed by atoms with E-state index in [-0.39, 0.29) is 0 Å². The molecule has 0 aromatic carbocycles. The smallest absolute Gasteiger partial charge is 0.0506 e. The zero-order valence-electron chi connectivity index (χ0n) is 11.2. The first-order valence-corrected chi connectivity index (χ1v) is 6.72. The molecular weight excluding hydrogens is 200 g/mol. The van der Waals surface area contributed by atoms with Gasteiger partial charge in [0, 0.05) is 19.2 Å². The third kappa shape index (κ3) is 5.83. The Hall–Kier alpha value is -0.120. The molecule has 0 aromatic rings. The van der Waals surface area contributed by atoms with Crippen LogP contribution >= 0.6 is 0 Å². The Bertz CT molecular complexity index is 169. The van der Waals surface area contributed by atoms with Gasteiger partial charge in [0.05, 0.1) is 6.61 Å². The van der Waals surface area contributed by atoms with E-state index in [2.05, 4.69) is 31.1 Å². The van der Waals surface area contributed by atoms with Crippen LogP contribution in [0.4, 0.5) is 0 Å². The molecule has 2 atom stereocenters. The lowest BCUT2D eigenvalue weighted by molar-refractivity contribution is 0.0417. The van der Waals surface area contributed by atoms with Gasteiger partial charge in [-0.3, -0.25) is 0 Å². The molecule has 0 spiro atoms.